The molecule has 0 aromatic carbocycles. The van der Waals surface area contributed by atoms with Crippen LogP contribution >= 0.6 is 11.6 Å². The maximum absolute atomic E-state index is 8.92. The van der Waals surface area contributed by atoms with Gasteiger partial charge >= 0.3 is 0 Å². The zero-order chi connectivity index (χ0) is 6.85. The molecule has 1 N–H and O–H groups in total. The topological polar surface area (TPSA) is 33.1 Å². The number of halogens is 1. The van der Waals surface area contributed by atoms with E-state index in [9.17, 15) is 0 Å². The van der Waals surface area contributed by atoms with E-state index in [1.165, 1.54) is 6.07 Å². The molecule has 0 radical (unpaired) electrons. The van der Waals surface area contributed by atoms with Crippen molar-refractivity contribution in [3.05, 3.63) is 23.0 Å². The lowest BCUT2D eigenvalue weighted by Crippen LogP contribution is -1.80. The molecule has 48 valence electrons. The molecule has 3 heteroatoms. The molecule has 1 aromatic rings. The number of aryl methyl sites for hydroxylation is 1. The summed E-state index contributed by atoms with van der Waals surface area (Å²) in [6, 6.07) is 3.06. The average molecular weight is 144 g/mol. The highest BCUT2D eigenvalue weighted by molar-refractivity contribution is 6.29. The van der Waals surface area contributed by atoms with E-state index in [0.717, 1.165) is 0 Å². The molecule has 0 spiro atoms. The van der Waals surface area contributed by atoms with Gasteiger partial charge in [-0.25, -0.2) is 4.98 Å². The van der Waals surface area contributed by atoms with Gasteiger partial charge in [0.2, 0.25) is 0 Å². The van der Waals surface area contributed by atoms with Crippen molar-refractivity contribution >= 4 is 11.6 Å². The van der Waals surface area contributed by atoms with Crippen LogP contribution in [0.3, 0.4) is 0 Å². The van der Waals surface area contributed by atoms with Crippen molar-refractivity contribution in [2.75, 3.05) is 0 Å². The molecule has 0 amide bonds. The monoisotopic (exact) mass is 143 g/mol. The van der Waals surface area contributed by atoms with Gasteiger partial charge < -0.3 is 5.11 Å². The maximum atomic E-state index is 8.92. The number of aromatic nitrogens is 1. The standard InChI is InChI=1S/C6H6ClNO/c1-4-5(9)2-3-6(7)8-4/h2-3,9H,1H3. The predicted octanol–water partition coefficient (Wildman–Crippen LogP) is 1.75. The van der Waals surface area contributed by atoms with Gasteiger partial charge in [0, 0.05) is 0 Å². The van der Waals surface area contributed by atoms with Crippen molar-refractivity contribution in [2.45, 2.75) is 6.92 Å². The van der Waals surface area contributed by atoms with E-state index in [2.05, 4.69) is 4.98 Å². The molecule has 0 bridgehead atoms. The van der Waals surface area contributed by atoms with Gasteiger partial charge in [-0.3, -0.25) is 0 Å². The SMILES string of the molecule is Cc1nc(Cl)ccc1O. The zero-order valence-electron chi connectivity index (χ0n) is 4.93. The van der Waals surface area contributed by atoms with Crippen molar-refractivity contribution in [2.24, 2.45) is 0 Å². The van der Waals surface area contributed by atoms with Crippen LogP contribution in [0.1, 0.15) is 5.69 Å². The van der Waals surface area contributed by atoms with Crippen molar-refractivity contribution < 1.29 is 5.11 Å². The van der Waals surface area contributed by atoms with Gasteiger partial charge in [0.05, 0.1) is 5.69 Å². The molecule has 9 heavy (non-hydrogen) atoms. The molecule has 0 atom stereocenters. The summed E-state index contributed by atoms with van der Waals surface area (Å²) in [7, 11) is 0. The van der Waals surface area contributed by atoms with Crippen LogP contribution in [0.15, 0.2) is 12.1 Å². The molecule has 1 heterocycles. The van der Waals surface area contributed by atoms with Gasteiger partial charge in [0.15, 0.2) is 0 Å². The van der Waals surface area contributed by atoms with Crippen LogP contribution in [0.5, 0.6) is 5.75 Å². The Labute approximate surface area is 58.1 Å². The largest absolute Gasteiger partial charge is 0.506 e. The Morgan fingerprint density at radius 2 is 2.22 bits per heavy atom. The van der Waals surface area contributed by atoms with E-state index in [1.54, 1.807) is 13.0 Å². The lowest BCUT2D eigenvalue weighted by molar-refractivity contribution is 0.467. The van der Waals surface area contributed by atoms with Gasteiger partial charge in [0.1, 0.15) is 10.9 Å². The first-order valence-corrected chi connectivity index (χ1v) is 2.90. The Kier molecular flexibility index (Phi) is 1.58. The summed E-state index contributed by atoms with van der Waals surface area (Å²) in [6.45, 7) is 1.70. The quantitative estimate of drug-likeness (QED) is 0.562. The van der Waals surface area contributed by atoms with E-state index in [4.69, 9.17) is 16.7 Å². The fraction of sp³-hybridized carbons (Fsp3) is 0.167. The Hall–Kier alpha value is -0.760. The minimum absolute atomic E-state index is 0.180. The smallest absolute Gasteiger partial charge is 0.136 e. The summed E-state index contributed by atoms with van der Waals surface area (Å²) in [5.41, 5.74) is 0.558. The van der Waals surface area contributed by atoms with Crippen LogP contribution in [-0.2, 0) is 0 Å². The third kappa shape index (κ3) is 1.33. The molecule has 0 unspecified atom stereocenters. The van der Waals surface area contributed by atoms with E-state index in [-0.39, 0.29) is 5.75 Å². The Balaban J connectivity index is 3.17. The Bertz CT molecular complexity index is 224. The zero-order valence-corrected chi connectivity index (χ0v) is 5.68. The molecule has 1 rings (SSSR count). The molecule has 1 aromatic heterocycles. The summed E-state index contributed by atoms with van der Waals surface area (Å²) in [4.78, 5) is 3.79. The summed E-state index contributed by atoms with van der Waals surface area (Å²) in [5.74, 6) is 0.180. The molecule has 0 fully saturated rings. The third-order valence-corrected chi connectivity index (χ3v) is 1.23. The maximum Gasteiger partial charge on any atom is 0.136 e. The van der Waals surface area contributed by atoms with Crippen LogP contribution in [0, 0.1) is 6.92 Å². The van der Waals surface area contributed by atoms with Crippen LogP contribution in [0.25, 0.3) is 0 Å². The highest BCUT2D eigenvalue weighted by atomic mass is 35.5. The van der Waals surface area contributed by atoms with Crippen molar-refractivity contribution in [1.29, 1.82) is 0 Å². The van der Waals surface area contributed by atoms with E-state index in [1.807, 2.05) is 0 Å². The third-order valence-electron chi connectivity index (χ3n) is 1.02. The van der Waals surface area contributed by atoms with Gasteiger partial charge in [-0.1, -0.05) is 11.6 Å². The second-order valence-electron chi connectivity index (χ2n) is 1.74. The first-order chi connectivity index (χ1) is 4.20. The number of aromatic hydroxyl groups is 1. The Morgan fingerprint density at radius 3 is 2.67 bits per heavy atom. The van der Waals surface area contributed by atoms with Crippen molar-refractivity contribution in [3.8, 4) is 5.75 Å². The first kappa shape index (κ1) is 6.36. The minimum atomic E-state index is 0.180. The molecule has 0 saturated carbocycles. The fourth-order valence-corrected chi connectivity index (χ4v) is 0.713. The minimum Gasteiger partial charge on any atom is -0.506 e. The van der Waals surface area contributed by atoms with Crippen LogP contribution in [-0.4, -0.2) is 10.1 Å². The Morgan fingerprint density at radius 1 is 1.56 bits per heavy atom. The lowest BCUT2D eigenvalue weighted by Gasteiger charge is -1.94. The second-order valence-corrected chi connectivity index (χ2v) is 2.13. The molecule has 0 saturated heterocycles. The van der Waals surface area contributed by atoms with Gasteiger partial charge in [-0.2, -0.15) is 0 Å². The number of rotatable bonds is 0. The van der Waals surface area contributed by atoms with Crippen LogP contribution < -0.4 is 0 Å². The highest BCUT2D eigenvalue weighted by Crippen LogP contribution is 2.15. The number of hydrogen-bond donors (Lipinski definition) is 1. The van der Waals surface area contributed by atoms with Gasteiger partial charge in [-0.15, -0.1) is 0 Å². The summed E-state index contributed by atoms with van der Waals surface area (Å²) in [5, 5.41) is 9.33. The lowest BCUT2D eigenvalue weighted by atomic mass is 10.3. The number of nitrogens with zero attached hydrogens (tertiary/aromatic N) is 1. The second kappa shape index (κ2) is 2.23. The molecular weight excluding hydrogens is 138 g/mol. The molecule has 0 aliphatic heterocycles. The fourth-order valence-electron chi connectivity index (χ4n) is 0.523. The molecule has 2 nitrogen and oxygen atoms in total. The molecular formula is C6H6ClNO. The summed E-state index contributed by atoms with van der Waals surface area (Å²) < 4.78 is 0. The van der Waals surface area contributed by atoms with Gasteiger partial charge in [-0.05, 0) is 19.1 Å². The number of pyridine rings is 1. The van der Waals surface area contributed by atoms with Crippen molar-refractivity contribution in [3.63, 3.8) is 0 Å². The molecule has 0 aliphatic rings. The summed E-state index contributed by atoms with van der Waals surface area (Å²) >= 11 is 5.49. The van der Waals surface area contributed by atoms with Crippen LogP contribution in [0.4, 0.5) is 0 Å². The van der Waals surface area contributed by atoms with E-state index in [0.29, 0.717) is 10.8 Å². The van der Waals surface area contributed by atoms with E-state index < -0.39 is 0 Å². The van der Waals surface area contributed by atoms with Crippen LogP contribution in [0.2, 0.25) is 5.15 Å². The normalized spacial score (nSPS) is 9.56. The number of hydrogen-bond acceptors (Lipinski definition) is 2. The van der Waals surface area contributed by atoms with Crippen molar-refractivity contribution in [1.82, 2.24) is 4.98 Å². The summed E-state index contributed by atoms with van der Waals surface area (Å²) in [6.07, 6.45) is 0. The average Bonchev–Trinajstić information content (AvgIpc) is 1.80. The molecule has 0 aliphatic carbocycles. The van der Waals surface area contributed by atoms with E-state index >= 15 is 0 Å². The van der Waals surface area contributed by atoms with Gasteiger partial charge in [0.25, 0.3) is 0 Å². The first-order valence-electron chi connectivity index (χ1n) is 2.52. The highest BCUT2D eigenvalue weighted by Gasteiger charge is 1.94. The predicted molar refractivity (Wildman–Crippen MR) is 35.6 cm³/mol.